The van der Waals surface area contributed by atoms with Gasteiger partial charge in [0.1, 0.15) is 0 Å². The Morgan fingerprint density at radius 1 is 0.957 bits per heavy atom. The normalized spacial score (nSPS) is 11.7. The largest absolute Gasteiger partial charge is 0.351 e. The highest BCUT2D eigenvalue weighted by molar-refractivity contribution is 5.93. The van der Waals surface area contributed by atoms with E-state index in [1.165, 1.54) is 0 Å². The minimum Gasteiger partial charge on any atom is -0.351 e. The molecule has 1 aromatic carbocycles. The van der Waals surface area contributed by atoms with Crippen LogP contribution in [-0.4, -0.2) is 22.4 Å². The van der Waals surface area contributed by atoms with Crippen molar-refractivity contribution in [2.75, 3.05) is 6.54 Å². The summed E-state index contributed by atoms with van der Waals surface area (Å²) in [6.07, 6.45) is 4.99. The van der Waals surface area contributed by atoms with Crippen molar-refractivity contribution in [3.05, 3.63) is 96.1 Å². The molecule has 23 heavy (non-hydrogen) atoms. The van der Waals surface area contributed by atoms with Gasteiger partial charge in [0.2, 0.25) is 0 Å². The number of nitrogens with one attached hydrogen (secondary N) is 1. The van der Waals surface area contributed by atoms with E-state index in [-0.39, 0.29) is 11.8 Å². The van der Waals surface area contributed by atoms with Gasteiger partial charge < -0.3 is 5.32 Å². The van der Waals surface area contributed by atoms with Gasteiger partial charge in [-0.25, -0.2) is 0 Å². The van der Waals surface area contributed by atoms with Crippen LogP contribution in [0.2, 0.25) is 0 Å². The molecule has 0 saturated heterocycles. The van der Waals surface area contributed by atoms with Crippen molar-refractivity contribution in [1.29, 1.82) is 0 Å². The molecule has 0 aliphatic rings. The summed E-state index contributed by atoms with van der Waals surface area (Å²) in [5.41, 5.74) is 2.61. The molecule has 0 fully saturated rings. The van der Waals surface area contributed by atoms with Crippen molar-refractivity contribution in [2.24, 2.45) is 0 Å². The Labute approximate surface area is 135 Å². The number of hydrogen-bond acceptors (Lipinski definition) is 3. The van der Waals surface area contributed by atoms with Crippen LogP contribution < -0.4 is 5.32 Å². The predicted octanol–water partition coefficient (Wildman–Crippen LogP) is 3.04. The first-order valence-corrected chi connectivity index (χ1v) is 7.48. The van der Waals surface area contributed by atoms with Gasteiger partial charge in [0.05, 0.1) is 5.56 Å². The molecule has 0 aliphatic carbocycles. The van der Waals surface area contributed by atoms with Gasteiger partial charge in [0.15, 0.2) is 0 Å². The predicted molar refractivity (Wildman–Crippen MR) is 89.1 cm³/mol. The van der Waals surface area contributed by atoms with Crippen LogP contribution in [0.25, 0.3) is 0 Å². The third-order valence-electron chi connectivity index (χ3n) is 3.64. The third kappa shape index (κ3) is 3.80. The highest BCUT2D eigenvalue weighted by Gasteiger charge is 2.16. The Balaban J connectivity index is 1.79. The Morgan fingerprint density at radius 2 is 1.78 bits per heavy atom. The molecular weight excluding hydrogens is 286 g/mol. The molecule has 2 aromatic heterocycles. The summed E-state index contributed by atoms with van der Waals surface area (Å²) in [5.74, 6) is -0.118. The monoisotopic (exact) mass is 303 g/mol. The average Bonchev–Trinajstić information content (AvgIpc) is 2.64. The van der Waals surface area contributed by atoms with Crippen LogP contribution in [0.3, 0.4) is 0 Å². The molecule has 0 radical (unpaired) electrons. The molecule has 1 amide bonds. The van der Waals surface area contributed by atoms with E-state index in [9.17, 15) is 4.79 Å². The van der Waals surface area contributed by atoms with E-state index < -0.39 is 0 Å². The highest BCUT2D eigenvalue weighted by atomic mass is 16.1. The van der Waals surface area contributed by atoms with Crippen LogP contribution in [0.5, 0.6) is 0 Å². The lowest BCUT2D eigenvalue weighted by atomic mass is 9.95. The summed E-state index contributed by atoms with van der Waals surface area (Å²) in [5, 5.41) is 2.98. The molecule has 3 rings (SSSR count). The molecule has 2 heterocycles. The maximum absolute atomic E-state index is 12.2. The van der Waals surface area contributed by atoms with Crippen LogP contribution in [0.15, 0.2) is 79.3 Å². The van der Waals surface area contributed by atoms with Gasteiger partial charge in [0, 0.05) is 36.7 Å². The lowest BCUT2D eigenvalue weighted by Crippen LogP contribution is -2.29. The summed E-state index contributed by atoms with van der Waals surface area (Å²) >= 11 is 0. The second-order valence-corrected chi connectivity index (χ2v) is 5.17. The fourth-order valence-electron chi connectivity index (χ4n) is 2.45. The Hall–Kier alpha value is -3.01. The summed E-state index contributed by atoms with van der Waals surface area (Å²) in [4.78, 5) is 20.7. The fraction of sp³-hybridized carbons (Fsp3) is 0.105. The second kappa shape index (κ2) is 7.31. The topological polar surface area (TPSA) is 54.9 Å². The molecule has 0 aliphatic heterocycles. The average molecular weight is 303 g/mol. The maximum Gasteiger partial charge on any atom is 0.252 e. The molecule has 4 heteroatoms. The van der Waals surface area contributed by atoms with Gasteiger partial charge in [-0.1, -0.05) is 36.4 Å². The van der Waals surface area contributed by atoms with E-state index >= 15 is 0 Å². The van der Waals surface area contributed by atoms with Gasteiger partial charge >= 0.3 is 0 Å². The van der Waals surface area contributed by atoms with Crippen LogP contribution in [0.4, 0.5) is 0 Å². The zero-order valence-electron chi connectivity index (χ0n) is 12.6. The summed E-state index contributed by atoms with van der Waals surface area (Å²) in [7, 11) is 0. The second-order valence-electron chi connectivity index (χ2n) is 5.17. The quantitative estimate of drug-likeness (QED) is 0.788. The van der Waals surface area contributed by atoms with Crippen molar-refractivity contribution in [1.82, 2.24) is 15.3 Å². The Kier molecular flexibility index (Phi) is 4.74. The Morgan fingerprint density at radius 3 is 2.48 bits per heavy atom. The van der Waals surface area contributed by atoms with E-state index in [4.69, 9.17) is 0 Å². The number of amides is 1. The van der Waals surface area contributed by atoms with Gasteiger partial charge in [-0.3, -0.25) is 14.8 Å². The maximum atomic E-state index is 12.2. The van der Waals surface area contributed by atoms with E-state index in [0.29, 0.717) is 12.1 Å². The molecular formula is C19H17N3O. The molecule has 0 bridgehead atoms. The summed E-state index contributed by atoms with van der Waals surface area (Å²) < 4.78 is 0. The SMILES string of the molecule is O=C(NCC(c1ccccc1)c1ccccn1)c1cccnc1. The van der Waals surface area contributed by atoms with Gasteiger partial charge in [-0.05, 0) is 29.8 Å². The van der Waals surface area contributed by atoms with E-state index in [2.05, 4.69) is 27.4 Å². The minimum absolute atomic E-state index is 0.0121. The van der Waals surface area contributed by atoms with Crippen LogP contribution in [-0.2, 0) is 0 Å². The number of pyridine rings is 2. The van der Waals surface area contributed by atoms with Crippen molar-refractivity contribution in [3.63, 3.8) is 0 Å². The minimum atomic E-state index is -0.130. The van der Waals surface area contributed by atoms with Gasteiger partial charge in [-0.15, -0.1) is 0 Å². The van der Waals surface area contributed by atoms with Crippen molar-refractivity contribution >= 4 is 5.91 Å². The molecule has 114 valence electrons. The highest BCUT2D eigenvalue weighted by Crippen LogP contribution is 2.22. The lowest BCUT2D eigenvalue weighted by Gasteiger charge is -2.17. The number of nitrogens with zero attached hydrogens (tertiary/aromatic N) is 2. The third-order valence-corrected chi connectivity index (χ3v) is 3.64. The number of carbonyl (C=O) groups excluding carboxylic acids is 1. The fourth-order valence-corrected chi connectivity index (χ4v) is 2.45. The first-order valence-electron chi connectivity index (χ1n) is 7.48. The van der Waals surface area contributed by atoms with Crippen LogP contribution in [0, 0.1) is 0 Å². The van der Waals surface area contributed by atoms with Crippen LogP contribution >= 0.6 is 0 Å². The van der Waals surface area contributed by atoms with E-state index in [1.54, 1.807) is 30.7 Å². The molecule has 1 N–H and O–H groups in total. The number of carbonyl (C=O) groups is 1. The van der Waals surface area contributed by atoms with Gasteiger partial charge in [0.25, 0.3) is 5.91 Å². The van der Waals surface area contributed by atoms with Crippen LogP contribution in [0.1, 0.15) is 27.5 Å². The molecule has 3 aromatic rings. The number of rotatable bonds is 5. The zero-order valence-corrected chi connectivity index (χ0v) is 12.6. The first kappa shape index (κ1) is 14.9. The zero-order chi connectivity index (χ0) is 15.9. The van der Waals surface area contributed by atoms with Crippen molar-refractivity contribution in [3.8, 4) is 0 Å². The first-order chi connectivity index (χ1) is 11.3. The molecule has 0 saturated carbocycles. The lowest BCUT2D eigenvalue weighted by molar-refractivity contribution is 0.0952. The molecule has 4 nitrogen and oxygen atoms in total. The van der Waals surface area contributed by atoms with E-state index in [0.717, 1.165) is 11.3 Å². The van der Waals surface area contributed by atoms with Gasteiger partial charge in [-0.2, -0.15) is 0 Å². The summed E-state index contributed by atoms with van der Waals surface area (Å²) in [6.45, 7) is 0.481. The molecule has 1 atom stereocenters. The van der Waals surface area contributed by atoms with Crippen molar-refractivity contribution < 1.29 is 4.79 Å². The molecule has 1 unspecified atom stereocenters. The summed E-state index contributed by atoms with van der Waals surface area (Å²) in [6, 6.07) is 19.4. The number of benzene rings is 1. The smallest absolute Gasteiger partial charge is 0.252 e. The van der Waals surface area contributed by atoms with Crippen molar-refractivity contribution in [2.45, 2.75) is 5.92 Å². The van der Waals surface area contributed by atoms with E-state index in [1.807, 2.05) is 36.4 Å². The number of hydrogen-bond donors (Lipinski definition) is 1. The standard InChI is InChI=1S/C19H17N3O/c23-19(16-9-6-11-20-13-16)22-14-17(15-7-2-1-3-8-15)18-10-4-5-12-21-18/h1-13,17H,14H2,(H,22,23). The number of aromatic nitrogens is 2. The molecule has 0 spiro atoms. The Bertz CT molecular complexity index is 706.